The minimum Gasteiger partial charge on any atom is -0.478 e. The van der Waals surface area contributed by atoms with Gasteiger partial charge in [-0.1, -0.05) is 29.3 Å². The second kappa shape index (κ2) is 9.38. The highest BCUT2D eigenvalue weighted by atomic mass is 32.1. The lowest BCUT2D eigenvalue weighted by Gasteiger charge is -2.42. The summed E-state index contributed by atoms with van der Waals surface area (Å²) < 4.78 is 69.3. The lowest BCUT2D eigenvalue weighted by molar-refractivity contribution is -0.187. The fourth-order valence-corrected chi connectivity index (χ4v) is 9.40. The van der Waals surface area contributed by atoms with Crippen LogP contribution in [-0.2, 0) is 11.3 Å². The van der Waals surface area contributed by atoms with E-state index in [9.17, 15) is 27.5 Å². The average Bonchev–Trinajstić information content (AvgIpc) is 3.81. The topological polar surface area (TPSA) is 88.5 Å². The first kappa shape index (κ1) is 26.9. The van der Waals surface area contributed by atoms with Crippen molar-refractivity contribution >= 4 is 32.7 Å². The van der Waals surface area contributed by atoms with Crippen molar-refractivity contribution in [2.24, 2.45) is 11.8 Å². The van der Waals surface area contributed by atoms with Crippen LogP contribution in [0.4, 0.5) is 22.7 Å². The number of carboxylic acid groups (broad SMARTS) is 1. The van der Waals surface area contributed by atoms with Crippen LogP contribution < -0.4 is 4.90 Å². The summed E-state index contributed by atoms with van der Waals surface area (Å²) in [5.74, 6) is -2.61. The molecule has 5 unspecified atom stereocenters. The van der Waals surface area contributed by atoms with Gasteiger partial charge in [0.15, 0.2) is 10.9 Å². The summed E-state index contributed by atoms with van der Waals surface area (Å²) in [6, 6.07) is 2.67. The molecule has 0 radical (unpaired) electrons. The predicted molar refractivity (Wildman–Crippen MR) is 145 cm³/mol. The van der Waals surface area contributed by atoms with Crippen molar-refractivity contribution < 1.29 is 36.7 Å². The van der Waals surface area contributed by atoms with Gasteiger partial charge in [0.1, 0.15) is 11.3 Å². The number of fused-ring (bicyclic) bond motifs is 1. The van der Waals surface area contributed by atoms with Gasteiger partial charge in [0.25, 0.3) is 0 Å². The summed E-state index contributed by atoms with van der Waals surface area (Å²) in [6.45, 7) is 0.202. The second-order valence-electron chi connectivity index (χ2n) is 12.8. The van der Waals surface area contributed by atoms with Crippen molar-refractivity contribution in [2.45, 2.75) is 107 Å². The minimum atomic E-state index is -4.27. The van der Waals surface area contributed by atoms with Crippen LogP contribution in [0.25, 0.3) is 10.2 Å². The molecule has 6 atom stereocenters. The van der Waals surface area contributed by atoms with Crippen LogP contribution in [0.3, 0.4) is 0 Å². The number of carbonyl (C=O) groups is 1. The first-order valence-corrected chi connectivity index (χ1v) is 15.8. The van der Waals surface area contributed by atoms with Crippen LogP contribution in [-0.4, -0.2) is 45.1 Å². The van der Waals surface area contributed by atoms with E-state index in [1.165, 1.54) is 17.4 Å². The predicted octanol–water partition coefficient (Wildman–Crippen LogP) is 7.55. The fraction of sp³-hybridized carbons (Fsp3) is 0.633. The summed E-state index contributed by atoms with van der Waals surface area (Å²) >= 11 is 1.32. The van der Waals surface area contributed by atoms with Crippen LogP contribution in [0, 0.1) is 17.7 Å². The molecule has 5 fully saturated rings. The number of aromatic carboxylic acids is 1. The monoisotopic (exact) mass is 605 g/mol. The first-order chi connectivity index (χ1) is 20.1. The summed E-state index contributed by atoms with van der Waals surface area (Å²) in [5.41, 5.74) is 1.26. The highest BCUT2D eigenvalue weighted by Gasteiger charge is 2.73. The van der Waals surface area contributed by atoms with Crippen LogP contribution in [0.15, 0.2) is 16.7 Å². The maximum absolute atomic E-state index is 14.7. The SMILES string of the molecule is O=C(O)c1cc(F)c2nc(N3C4CC(OCc5c(C6CCCCC6C(F)(F)F)noc5C5CC5)C[C@@H]5CCC453)sc2c1. The molecule has 4 aliphatic carbocycles. The number of benzene rings is 1. The van der Waals surface area contributed by atoms with E-state index in [-0.39, 0.29) is 47.7 Å². The van der Waals surface area contributed by atoms with Crippen LogP contribution in [0.5, 0.6) is 0 Å². The Balaban J connectivity index is 1.02. The Bertz CT molecular complexity index is 1570. The molecule has 7 nitrogen and oxygen atoms in total. The second-order valence-corrected chi connectivity index (χ2v) is 13.9. The Hall–Kier alpha value is -2.73. The Kier molecular flexibility index (Phi) is 6.00. The normalized spacial score (nSPS) is 32.4. The zero-order valence-electron chi connectivity index (χ0n) is 22.8. The average molecular weight is 606 g/mol. The van der Waals surface area contributed by atoms with Crippen molar-refractivity contribution in [3.8, 4) is 0 Å². The lowest BCUT2D eigenvalue weighted by atomic mass is 9.64. The van der Waals surface area contributed by atoms with Crippen molar-refractivity contribution in [2.75, 3.05) is 4.90 Å². The Morgan fingerprint density at radius 2 is 1.98 bits per heavy atom. The van der Waals surface area contributed by atoms with E-state index in [2.05, 4.69) is 15.0 Å². The molecule has 1 aliphatic heterocycles. The van der Waals surface area contributed by atoms with Gasteiger partial charge in [0, 0.05) is 17.4 Å². The molecule has 12 heteroatoms. The van der Waals surface area contributed by atoms with Crippen molar-refractivity contribution in [1.82, 2.24) is 10.1 Å². The zero-order chi connectivity index (χ0) is 29.0. The molecule has 1 aromatic carbocycles. The standard InChI is InChI=1S/C30H31F4N3O4S/c31-21-9-15(27(38)39)10-22-25(21)35-28(42-22)37-23-12-17(11-16-7-8-29(16,23)37)40-13-19-24(36-41-26(19)14-5-6-14)18-3-1-2-4-20(18)30(32,33)34/h9-10,14,16-18,20,23H,1-8,11-13H2,(H,38,39)/t16-,17?,18?,20?,23?,29?,37?/m0/s1. The smallest absolute Gasteiger partial charge is 0.392 e. The number of alkyl halides is 3. The van der Waals surface area contributed by atoms with E-state index in [4.69, 9.17) is 9.26 Å². The molecule has 42 heavy (non-hydrogen) atoms. The number of aromatic nitrogens is 2. The van der Waals surface area contributed by atoms with Crippen molar-refractivity contribution in [3.63, 3.8) is 0 Å². The van der Waals surface area contributed by atoms with Gasteiger partial charge < -0.3 is 19.3 Å². The highest BCUT2D eigenvalue weighted by molar-refractivity contribution is 7.22. The molecule has 3 aromatic rings. The summed E-state index contributed by atoms with van der Waals surface area (Å²) in [6.07, 6.45) is 3.15. The molecule has 1 saturated heterocycles. The number of rotatable bonds is 7. The van der Waals surface area contributed by atoms with Gasteiger partial charge in [0.05, 0.1) is 46.2 Å². The van der Waals surface area contributed by atoms with E-state index in [0.29, 0.717) is 40.0 Å². The molecular formula is C30H31F4N3O4S. The van der Waals surface area contributed by atoms with E-state index in [1.807, 2.05) is 0 Å². The number of carboxylic acids is 1. The number of hydrogen-bond donors (Lipinski definition) is 1. The summed E-state index contributed by atoms with van der Waals surface area (Å²) in [4.78, 5) is 18.3. The van der Waals surface area contributed by atoms with E-state index < -0.39 is 29.8 Å². The van der Waals surface area contributed by atoms with Crippen molar-refractivity contribution in [3.05, 3.63) is 40.5 Å². The third-order valence-corrected chi connectivity index (χ3v) is 11.6. The van der Waals surface area contributed by atoms with E-state index in [1.54, 1.807) is 0 Å². The third-order valence-electron chi connectivity index (χ3n) is 10.6. The first-order valence-electron chi connectivity index (χ1n) is 14.9. The third kappa shape index (κ3) is 4.11. The van der Waals surface area contributed by atoms with E-state index >= 15 is 0 Å². The van der Waals surface area contributed by atoms with Crippen LogP contribution >= 0.6 is 11.3 Å². The van der Waals surface area contributed by atoms with E-state index in [0.717, 1.165) is 56.6 Å². The molecule has 224 valence electrons. The zero-order valence-corrected chi connectivity index (χ0v) is 23.6. The summed E-state index contributed by atoms with van der Waals surface area (Å²) in [7, 11) is 0. The Morgan fingerprint density at radius 1 is 1.17 bits per heavy atom. The van der Waals surface area contributed by atoms with Gasteiger partial charge in [-0.2, -0.15) is 13.2 Å². The van der Waals surface area contributed by atoms with Crippen LogP contribution in [0.2, 0.25) is 0 Å². The van der Waals surface area contributed by atoms with Gasteiger partial charge in [-0.25, -0.2) is 14.2 Å². The lowest BCUT2D eigenvalue weighted by Crippen LogP contribution is -2.46. The molecule has 4 saturated carbocycles. The number of hydrogen-bond acceptors (Lipinski definition) is 7. The van der Waals surface area contributed by atoms with Gasteiger partial charge in [-0.05, 0) is 69.4 Å². The molecule has 1 spiro atoms. The molecule has 0 amide bonds. The highest BCUT2D eigenvalue weighted by Crippen LogP contribution is 2.67. The molecule has 5 aliphatic rings. The van der Waals surface area contributed by atoms with Gasteiger partial charge in [-0.3, -0.25) is 0 Å². The minimum absolute atomic E-state index is 0.0105. The Labute approximate surface area is 243 Å². The summed E-state index contributed by atoms with van der Waals surface area (Å²) in [5, 5.41) is 14.3. The molecule has 1 N–H and O–H groups in total. The van der Waals surface area contributed by atoms with Gasteiger partial charge >= 0.3 is 12.1 Å². The number of ether oxygens (including phenoxy) is 1. The molecule has 2 aromatic heterocycles. The maximum atomic E-state index is 14.7. The number of halogens is 4. The largest absolute Gasteiger partial charge is 0.478 e. The molecule has 3 heterocycles. The number of thiazole rings is 1. The van der Waals surface area contributed by atoms with Gasteiger partial charge in [0.2, 0.25) is 0 Å². The van der Waals surface area contributed by atoms with Gasteiger partial charge in [-0.15, -0.1) is 0 Å². The Morgan fingerprint density at radius 3 is 2.69 bits per heavy atom. The molecule has 0 bridgehead atoms. The molecular weight excluding hydrogens is 574 g/mol. The van der Waals surface area contributed by atoms with Crippen molar-refractivity contribution in [1.29, 1.82) is 0 Å². The number of nitrogens with zero attached hydrogens (tertiary/aromatic N) is 3. The van der Waals surface area contributed by atoms with Crippen LogP contribution in [0.1, 0.15) is 103 Å². The fourth-order valence-electron chi connectivity index (χ4n) is 8.24. The quantitative estimate of drug-likeness (QED) is 0.220. The molecule has 8 rings (SSSR count). The number of anilines is 1. The maximum Gasteiger partial charge on any atom is 0.392 e.